The highest BCUT2D eigenvalue weighted by Crippen LogP contribution is 2.20. The predicted octanol–water partition coefficient (Wildman–Crippen LogP) is 1.43. The first kappa shape index (κ1) is 14.0. The van der Waals surface area contributed by atoms with Crippen LogP contribution in [-0.4, -0.2) is 33.1 Å². The maximum absolute atomic E-state index is 11.7. The van der Waals surface area contributed by atoms with E-state index in [1.807, 2.05) is 27.0 Å². The molecule has 0 spiro atoms. The molecule has 1 saturated heterocycles. The standard InChI is InChI=1S/C13H22N4O2/c1-13(2,3)19-12(18)9-17-8-11(15-16-17)10-6-4-5-7-14-10/h8,10,14H,4-7,9H2,1-3H3. The highest BCUT2D eigenvalue weighted by Gasteiger charge is 2.20. The zero-order valence-corrected chi connectivity index (χ0v) is 11.8. The van der Waals surface area contributed by atoms with E-state index in [9.17, 15) is 4.79 Å². The molecule has 0 bridgehead atoms. The number of aromatic nitrogens is 3. The lowest BCUT2D eigenvalue weighted by molar-refractivity contribution is -0.155. The van der Waals surface area contributed by atoms with Crippen LogP contribution < -0.4 is 5.32 Å². The summed E-state index contributed by atoms with van der Waals surface area (Å²) in [5.41, 5.74) is 0.439. The van der Waals surface area contributed by atoms with Crippen LogP contribution in [0.15, 0.2) is 6.20 Å². The molecular formula is C13H22N4O2. The Morgan fingerprint density at radius 3 is 2.95 bits per heavy atom. The Kier molecular flexibility index (Phi) is 4.19. The second kappa shape index (κ2) is 5.69. The van der Waals surface area contributed by atoms with Gasteiger partial charge in [0.2, 0.25) is 0 Å². The zero-order valence-electron chi connectivity index (χ0n) is 11.8. The maximum Gasteiger partial charge on any atom is 0.328 e. The molecule has 0 aliphatic carbocycles. The Bertz CT molecular complexity index is 430. The molecule has 1 atom stereocenters. The number of piperidine rings is 1. The van der Waals surface area contributed by atoms with E-state index in [-0.39, 0.29) is 18.6 Å². The molecule has 19 heavy (non-hydrogen) atoms. The number of ether oxygens (including phenoxy) is 1. The molecule has 2 heterocycles. The number of carbonyl (C=O) groups is 1. The average Bonchev–Trinajstić information content (AvgIpc) is 2.76. The van der Waals surface area contributed by atoms with Crippen LogP contribution in [0.5, 0.6) is 0 Å². The van der Waals surface area contributed by atoms with Crippen LogP contribution in [0, 0.1) is 0 Å². The largest absolute Gasteiger partial charge is 0.459 e. The quantitative estimate of drug-likeness (QED) is 0.838. The van der Waals surface area contributed by atoms with Crippen LogP contribution in [0.1, 0.15) is 51.8 Å². The molecule has 1 aliphatic rings. The Morgan fingerprint density at radius 1 is 1.53 bits per heavy atom. The highest BCUT2D eigenvalue weighted by atomic mass is 16.6. The summed E-state index contributed by atoms with van der Waals surface area (Å²) < 4.78 is 6.79. The van der Waals surface area contributed by atoms with Gasteiger partial charge in [0.15, 0.2) is 0 Å². The summed E-state index contributed by atoms with van der Waals surface area (Å²) in [7, 11) is 0. The van der Waals surface area contributed by atoms with Crippen molar-refractivity contribution in [1.82, 2.24) is 20.3 Å². The molecule has 1 N–H and O–H groups in total. The second-order valence-corrected chi connectivity index (χ2v) is 5.93. The summed E-state index contributed by atoms with van der Waals surface area (Å²) in [5.74, 6) is -0.291. The molecule has 0 saturated carbocycles. The van der Waals surface area contributed by atoms with Gasteiger partial charge in [0.1, 0.15) is 12.1 Å². The van der Waals surface area contributed by atoms with E-state index < -0.39 is 5.60 Å². The maximum atomic E-state index is 11.7. The third-order valence-electron chi connectivity index (χ3n) is 2.93. The van der Waals surface area contributed by atoms with Gasteiger partial charge in [-0.2, -0.15) is 0 Å². The molecule has 6 nitrogen and oxygen atoms in total. The van der Waals surface area contributed by atoms with Gasteiger partial charge >= 0.3 is 5.97 Å². The number of hydrogen-bond acceptors (Lipinski definition) is 5. The van der Waals surface area contributed by atoms with Crippen molar-refractivity contribution < 1.29 is 9.53 Å². The Hall–Kier alpha value is -1.43. The van der Waals surface area contributed by atoms with E-state index in [1.54, 1.807) is 4.68 Å². The van der Waals surface area contributed by atoms with E-state index in [4.69, 9.17) is 4.74 Å². The van der Waals surface area contributed by atoms with Crippen LogP contribution in [0.4, 0.5) is 0 Å². The summed E-state index contributed by atoms with van der Waals surface area (Å²) >= 11 is 0. The van der Waals surface area contributed by atoms with Crippen molar-refractivity contribution in [1.29, 1.82) is 0 Å². The first-order chi connectivity index (χ1) is 8.94. The monoisotopic (exact) mass is 266 g/mol. The normalized spacial score (nSPS) is 20.3. The summed E-state index contributed by atoms with van der Waals surface area (Å²) in [6, 6.07) is 0.265. The molecule has 1 fully saturated rings. The van der Waals surface area contributed by atoms with E-state index in [0.29, 0.717) is 0 Å². The highest BCUT2D eigenvalue weighted by molar-refractivity contribution is 5.69. The second-order valence-electron chi connectivity index (χ2n) is 5.93. The summed E-state index contributed by atoms with van der Waals surface area (Å²) in [6.45, 7) is 6.68. The predicted molar refractivity (Wildman–Crippen MR) is 70.5 cm³/mol. The van der Waals surface area contributed by atoms with Gasteiger partial charge in [-0.3, -0.25) is 4.79 Å². The van der Waals surface area contributed by atoms with Crippen molar-refractivity contribution in [3.63, 3.8) is 0 Å². The number of carbonyl (C=O) groups excluding carboxylic acids is 1. The SMILES string of the molecule is CC(C)(C)OC(=O)Cn1cc(C2CCCCN2)nn1. The van der Waals surface area contributed by atoms with Crippen molar-refractivity contribution in [2.45, 2.75) is 58.2 Å². The van der Waals surface area contributed by atoms with Gasteiger partial charge in [0, 0.05) is 0 Å². The third-order valence-corrected chi connectivity index (χ3v) is 2.93. The number of rotatable bonds is 3. The molecule has 0 amide bonds. The number of nitrogens with zero attached hydrogens (tertiary/aromatic N) is 3. The smallest absolute Gasteiger partial charge is 0.328 e. The summed E-state index contributed by atoms with van der Waals surface area (Å²) in [4.78, 5) is 11.7. The molecule has 106 valence electrons. The zero-order chi connectivity index (χ0) is 13.9. The first-order valence-electron chi connectivity index (χ1n) is 6.79. The van der Waals surface area contributed by atoms with Crippen LogP contribution in [0.25, 0.3) is 0 Å². The number of nitrogens with one attached hydrogen (secondary N) is 1. The lowest BCUT2D eigenvalue weighted by Gasteiger charge is -2.21. The molecule has 2 rings (SSSR count). The number of esters is 1. The van der Waals surface area contributed by atoms with Crippen LogP contribution >= 0.6 is 0 Å². The van der Waals surface area contributed by atoms with Gasteiger partial charge in [0.25, 0.3) is 0 Å². The van der Waals surface area contributed by atoms with Crippen molar-refractivity contribution in [2.24, 2.45) is 0 Å². The van der Waals surface area contributed by atoms with Gasteiger partial charge in [-0.15, -0.1) is 5.10 Å². The van der Waals surface area contributed by atoms with Crippen molar-refractivity contribution in [3.05, 3.63) is 11.9 Å². The Labute approximate surface area is 113 Å². The molecule has 1 aromatic heterocycles. The van der Waals surface area contributed by atoms with Gasteiger partial charge in [-0.1, -0.05) is 11.6 Å². The minimum Gasteiger partial charge on any atom is -0.459 e. The van der Waals surface area contributed by atoms with E-state index in [2.05, 4.69) is 15.6 Å². The lowest BCUT2D eigenvalue weighted by Crippen LogP contribution is -2.27. The van der Waals surface area contributed by atoms with Gasteiger partial charge in [0.05, 0.1) is 17.9 Å². The van der Waals surface area contributed by atoms with Crippen molar-refractivity contribution in [3.8, 4) is 0 Å². The fourth-order valence-corrected chi connectivity index (χ4v) is 2.16. The molecule has 0 aromatic carbocycles. The Morgan fingerprint density at radius 2 is 2.32 bits per heavy atom. The van der Waals surface area contributed by atoms with Crippen molar-refractivity contribution in [2.75, 3.05) is 6.54 Å². The van der Waals surface area contributed by atoms with E-state index >= 15 is 0 Å². The molecule has 0 radical (unpaired) electrons. The fraction of sp³-hybridized carbons (Fsp3) is 0.769. The molecular weight excluding hydrogens is 244 g/mol. The lowest BCUT2D eigenvalue weighted by atomic mass is 10.0. The topological polar surface area (TPSA) is 69.0 Å². The van der Waals surface area contributed by atoms with Crippen LogP contribution in [0.3, 0.4) is 0 Å². The first-order valence-corrected chi connectivity index (χ1v) is 6.79. The fourth-order valence-electron chi connectivity index (χ4n) is 2.16. The minimum atomic E-state index is -0.467. The molecule has 1 aromatic rings. The van der Waals surface area contributed by atoms with E-state index in [1.165, 1.54) is 12.8 Å². The summed E-state index contributed by atoms with van der Waals surface area (Å²) in [6.07, 6.45) is 5.32. The number of hydrogen-bond donors (Lipinski definition) is 1. The minimum absolute atomic E-state index is 0.108. The summed E-state index contributed by atoms with van der Waals surface area (Å²) in [5, 5.41) is 11.5. The average molecular weight is 266 g/mol. The molecule has 6 heteroatoms. The van der Waals surface area contributed by atoms with Gasteiger partial charge < -0.3 is 10.1 Å². The van der Waals surface area contributed by atoms with E-state index in [0.717, 1.165) is 18.7 Å². The Balaban J connectivity index is 1.91. The molecule has 1 aliphatic heterocycles. The van der Waals surface area contributed by atoms with Crippen molar-refractivity contribution >= 4 is 5.97 Å². The van der Waals surface area contributed by atoms with Gasteiger partial charge in [-0.25, -0.2) is 4.68 Å². The van der Waals surface area contributed by atoms with Gasteiger partial charge in [-0.05, 0) is 40.2 Å². The molecule has 1 unspecified atom stereocenters. The third kappa shape index (κ3) is 4.31. The van der Waals surface area contributed by atoms with Crippen LogP contribution in [0.2, 0.25) is 0 Å². The van der Waals surface area contributed by atoms with Crippen LogP contribution in [-0.2, 0) is 16.1 Å².